The van der Waals surface area contributed by atoms with Crippen molar-refractivity contribution in [3.63, 3.8) is 0 Å². The molecule has 10 aromatic carbocycles. The SMILES string of the molecule is c1ccc(-c2ccc(N3B4c5c(cc6c(oc7ccccc76)c5-n5c6ccc(-c7ccccc7)cc6c6cc(-c7ccccc7)cc4c65)-c4cc5sc6ccccc6c5cc43)cc2)cc1. The van der Waals surface area contributed by atoms with Crippen molar-refractivity contribution in [2.45, 2.75) is 0 Å². The Morgan fingerprint density at radius 1 is 0.415 bits per heavy atom. The Hall–Kier alpha value is -8.12. The van der Waals surface area contributed by atoms with Gasteiger partial charge in [-0.2, -0.15) is 0 Å². The molecule has 5 heteroatoms. The van der Waals surface area contributed by atoms with E-state index < -0.39 is 0 Å². The molecule has 0 N–H and O–H groups in total. The van der Waals surface area contributed by atoms with E-state index in [0.717, 1.165) is 33.3 Å². The maximum atomic E-state index is 7.14. The summed E-state index contributed by atoms with van der Waals surface area (Å²) in [5.74, 6) is 0. The minimum atomic E-state index is -0.188. The predicted octanol–water partition coefficient (Wildman–Crippen LogP) is 15.3. The summed E-state index contributed by atoms with van der Waals surface area (Å²) in [5.41, 5.74) is 19.9. The average molecular weight is 843 g/mol. The molecule has 0 radical (unpaired) electrons. The van der Waals surface area contributed by atoms with Gasteiger partial charge in [-0.15, -0.1) is 11.3 Å². The first-order valence-corrected chi connectivity index (χ1v) is 23.2. The molecule has 3 aromatic heterocycles. The summed E-state index contributed by atoms with van der Waals surface area (Å²) in [7, 11) is 0. The maximum absolute atomic E-state index is 7.14. The Labute approximate surface area is 378 Å². The monoisotopic (exact) mass is 842 g/mol. The number of hydrogen-bond acceptors (Lipinski definition) is 3. The zero-order valence-electron chi connectivity index (χ0n) is 35.0. The van der Waals surface area contributed by atoms with Gasteiger partial charge in [0.25, 0.3) is 0 Å². The third kappa shape index (κ3) is 4.96. The maximum Gasteiger partial charge on any atom is 0.333 e. The van der Waals surface area contributed by atoms with Gasteiger partial charge in [-0.1, -0.05) is 152 Å². The molecule has 3 nitrogen and oxygen atoms in total. The van der Waals surface area contributed by atoms with Crippen LogP contribution in [-0.2, 0) is 0 Å². The van der Waals surface area contributed by atoms with Gasteiger partial charge >= 0.3 is 6.85 Å². The molecule has 0 spiro atoms. The second-order valence-electron chi connectivity index (χ2n) is 17.6. The molecule has 5 heterocycles. The molecule has 15 rings (SSSR count). The van der Waals surface area contributed by atoms with E-state index in [4.69, 9.17) is 4.42 Å². The second-order valence-corrected chi connectivity index (χ2v) is 18.7. The van der Waals surface area contributed by atoms with Gasteiger partial charge < -0.3 is 13.8 Å². The lowest BCUT2D eigenvalue weighted by molar-refractivity contribution is 0.667. The van der Waals surface area contributed by atoms with E-state index >= 15 is 0 Å². The van der Waals surface area contributed by atoms with Gasteiger partial charge in [-0.3, -0.25) is 0 Å². The Morgan fingerprint density at radius 3 is 1.82 bits per heavy atom. The highest BCUT2D eigenvalue weighted by Crippen LogP contribution is 2.51. The van der Waals surface area contributed by atoms with Gasteiger partial charge in [0.2, 0.25) is 0 Å². The van der Waals surface area contributed by atoms with Crippen molar-refractivity contribution in [2.75, 3.05) is 4.81 Å². The molecule has 300 valence electrons. The van der Waals surface area contributed by atoms with Crippen LogP contribution in [0.3, 0.4) is 0 Å². The lowest BCUT2D eigenvalue weighted by atomic mass is 9.43. The van der Waals surface area contributed by atoms with Crippen LogP contribution in [-0.4, -0.2) is 11.4 Å². The molecule has 2 aliphatic heterocycles. The quantitative estimate of drug-likeness (QED) is 0.165. The molecular weight excluding hydrogens is 808 g/mol. The lowest BCUT2D eigenvalue weighted by Crippen LogP contribution is -2.60. The van der Waals surface area contributed by atoms with Crippen molar-refractivity contribution < 1.29 is 4.42 Å². The number of hydrogen-bond donors (Lipinski definition) is 0. The number of nitrogens with zero attached hydrogens (tertiary/aromatic N) is 2. The molecule has 0 atom stereocenters. The van der Waals surface area contributed by atoms with Crippen LogP contribution in [0.2, 0.25) is 0 Å². The number of benzene rings is 10. The van der Waals surface area contributed by atoms with Crippen LogP contribution < -0.4 is 15.7 Å². The minimum Gasteiger partial charge on any atom is -0.454 e. The summed E-state index contributed by atoms with van der Waals surface area (Å²) in [4.78, 5) is 2.65. The van der Waals surface area contributed by atoms with Crippen LogP contribution in [0.5, 0.6) is 0 Å². The summed E-state index contributed by atoms with van der Waals surface area (Å²) in [5, 5.41) is 7.31. The van der Waals surface area contributed by atoms with Crippen LogP contribution >= 0.6 is 11.3 Å². The fourth-order valence-corrected chi connectivity index (χ4v) is 12.4. The highest BCUT2D eigenvalue weighted by atomic mass is 32.1. The van der Waals surface area contributed by atoms with E-state index in [-0.39, 0.29) is 6.85 Å². The Bertz CT molecular complexity index is 4110. The average Bonchev–Trinajstić information content (AvgIpc) is 4.04. The first-order valence-electron chi connectivity index (χ1n) is 22.4. The van der Waals surface area contributed by atoms with Gasteiger partial charge in [0, 0.05) is 58.7 Å². The number of aromatic nitrogens is 1. The molecule has 0 unspecified atom stereocenters. The third-order valence-corrected chi connectivity index (χ3v) is 15.3. The van der Waals surface area contributed by atoms with Crippen molar-refractivity contribution in [1.82, 2.24) is 4.57 Å². The number of para-hydroxylation sites is 1. The fraction of sp³-hybridized carbons (Fsp3) is 0. The van der Waals surface area contributed by atoms with E-state index in [2.05, 4.69) is 222 Å². The van der Waals surface area contributed by atoms with E-state index in [1.807, 2.05) is 11.3 Å². The molecule has 2 aliphatic rings. The number of fused-ring (bicyclic) bond motifs is 14. The van der Waals surface area contributed by atoms with Gasteiger partial charge in [0.15, 0.2) is 5.58 Å². The van der Waals surface area contributed by atoms with Gasteiger partial charge in [0.05, 0.1) is 16.7 Å². The van der Waals surface area contributed by atoms with Crippen molar-refractivity contribution in [3.8, 4) is 50.2 Å². The topological polar surface area (TPSA) is 21.3 Å². The number of rotatable bonds is 4. The summed E-state index contributed by atoms with van der Waals surface area (Å²) in [6.07, 6.45) is 0. The largest absolute Gasteiger partial charge is 0.454 e. The van der Waals surface area contributed by atoms with Crippen molar-refractivity contribution in [2.24, 2.45) is 0 Å². The molecular formula is C60H35BN2OS. The van der Waals surface area contributed by atoms with E-state index in [1.54, 1.807) is 0 Å². The summed E-state index contributed by atoms with van der Waals surface area (Å²) in [6.45, 7) is -0.188. The Kier molecular flexibility index (Phi) is 7.19. The zero-order chi connectivity index (χ0) is 42.3. The molecule has 65 heavy (non-hydrogen) atoms. The van der Waals surface area contributed by atoms with Crippen molar-refractivity contribution in [1.29, 1.82) is 0 Å². The highest BCUT2D eigenvalue weighted by Gasteiger charge is 2.46. The molecule has 0 fully saturated rings. The normalized spacial score (nSPS) is 12.9. The summed E-state index contributed by atoms with van der Waals surface area (Å²) >= 11 is 1.88. The van der Waals surface area contributed by atoms with Crippen molar-refractivity contribution in [3.05, 3.63) is 212 Å². The van der Waals surface area contributed by atoms with Gasteiger partial charge in [-0.05, 0) is 111 Å². The van der Waals surface area contributed by atoms with Gasteiger partial charge in [-0.25, -0.2) is 0 Å². The van der Waals surface area contributed by atoms with Crippen LogP contribution in [0, 0.1) is 0 Å². The van der Waals surface area contributed by atoms with Gasteiger partial charge in [0.1, 0.15) is 5.58 Å². The van der Waals surface area contributed by atoms with Crippen LogP contribution in [0.4, 0.5) is 11.4 Å². The molecule has 0 bridgehead atoms. The van der Waals surface area contributed by atoms with E-state index in [0.29, 0.717) is 0 Å². The molecule has 13 aromatic rings. The predicted molar refractivity (Wildman–Crippen MR) is 276 cm³/mol. The number of furan rings is 1. The first kappa shape index (κ1) is 35.4. The molecule has 0 amide bonds. The zero-order valence-corrected chi connectivity index (χ0v) is 35.8. The third-order valence-electron chi connectivity index (χ3n) is 14.1. The number of thiophene rings is 1. The van der Waals surface area contributed by atoms with E-state index in [9.17, 15) is 0 Å². The lowest BCUT2D eigenvalue weighted by Gasteiger charge is -2.42. The second kappa shape index (κ2) is 13.2. The van der Waals surface area contributed by atoms with Crippen LogP contribution in [0.15, 0.2) is 217 Å². The molecule has 0 saturated carbocycles. The van der Waals surface area contributed by atoms with Crippen molar-refractivity contribution >= 4 is 104 Å². The number of anilines is 2. The highest BCUT2D eigenvalue weighted by molar-refractivity contribution is 7.25. The standard InChI is InChI=1S/C60H35BN2OS/c1-4-14-36(15-5-1)39-24-27-42(28-25-39)63-53-34-47-44-21-11-13-23-55(44)65-56(47)35-46(53)48-33-50-43-20-10-12-22-54(43)64-60(50)59-57(48)61(63)51-32-41(38-18-8-3-9-19-38)31-49-45-30-40(37-16-6-2-7-17-37)26-29-52(45)62(59)58(49)51/h1-35H. The molecule has 0 saturated heterocycles. The van der Waals surface area contributed by atoms with E-state index in [1.165, 1.54) is 103 Å². The smallest absolute Gasteiger partial charge is 0.333 e. The minimum absolute atomic E-state index is 0.188. The van der Waals surface area contributed by atoms with Crippen LogP contribution in [0.1, 0.15) is 0 Å². The molecule has 0 aliphatic carbocycles. The van der Waals surface area contributed by atoms with Crippen LogP contribution in [0.25, 0.3) is 114 Å². The fourth-order valence-electron chi connectivity index (χ4n) is 11.3. The summed E-state index contributed by atoms with van der Waals surface area (Å²) < 4.78 is 12.3. The Morgan fingerprint density at radius 2 is 1.05 bits per heavy atom. The Balaban J connectivity index is 1.13. The first-order chi connectivity index (χ1) is 32.2. The summed E-state index contributed by atoms with van der Waals surface area (Å²) in [6, 6.07) is 78.5.